The normalized spacial score (nSPS) is 18.7. The molecule has 2 N–H and O–H groups in total. The number of likely N-dealkylation sites (tertiary alicyclic amines) is 1. The van der Waals surface area contributed by atoms with Crippen molar-refractivity contribution in [1.29, 1.82) is 0 Å². The van der Waals surface area contributed by atoms with Gasteiger partial charge in [-0.05, 0) is 37.0 Å². The molecule has 23 heavy (non-hydrogen) atoms. The average Bonchev–Trinajstić information content (AvgIpc) is 3.05. The third-order valence-electron chi connectivity index (χ3n) is 4.34. The van der Waals surface area contributed by atoms with Crippen LogP contribution in [-0.2, 0) is 0 Å². The number of hydrogen-bond donors (Lipinski definition) is 2. The van der Waals surface area contributed by atoms with Crippen LogP contribution in [0.2, 0.25) is 0 Å². The van der Waals surface area contributed by atoms with E-state index in [2.05, 4.69) is 5.32 Å². The van der Waals surface area contributed by atoms with Crippen molar-refractivity contribution in [3.63, 3.8) is 0 Å². The molecule has 120 valence electrons. The van der Waals surface area contributed by atoms with Crippen LogP contribution in [0.3, 0.4) is 0 Å². The number of nitrogens with one attached hydrogen (secondary N) is 1. The molecule has 3 rings (SSSR count). The van der Waals surface area contributed by atoms with Gasteiger partial charge in [0.1, 0.15) is 0 Å². The topological polar surface area (TPSA) is 52.6 Å². The van der Waals surface area contributed by atoms with Gasteiger partial charge >= 0.3 is 6.03 Å². The Hall–Kier alpha value is -2.33. The standard InChI is InChI=1S/C19H22N2O2/c22-18(15-8-3-1-4-9-15)14-17-12-7-13-21(17)19(23)20-16-10-5-2-6-11-16/h1-6,8-11,17-18,22H,7,12-14H2,(H,20,23)/t17-,18-/m1/s1. The van der Waals surface area contributed by atoms with Gasteiger partial charge in [0, 0.05) is 18.3 Å². The minimum atomic E-state index is -0.536. The molecular formula is C19H22N2O2. The third-order valence-corrected chi connectivity index (χ3v) is 4.34. The van der Waals surface area contributed by atoms with Crippen LogP contribution in [0, 0.1) is 0 Å². The lowest BCUT2D eigenvalue weighted by Crippen LogP contribution is -2.39. The number of rotatable bonds is 4. The molecule has 0 aromatic heterocycles. The van der Waals surface area contributed by atoms with E-state index in [0.717, 1.165) is 30.6 Å². The van der Waals surface area contributed by atoms with Crippen molar-refractivity contribution in [3.05, 3.63) is 66.2 Å². The van der Waals surface area contributed by atoms with Gasteiger partial charge < -0.3 is 15.3 Å². The van der Waals surface area contributed by atoms with E-state index in [0.29, 0.717) is 6.42 Å². The Balaban J connectivity index is 1.62. The molecule has 4 nitrogen and oxygen atoms in total. The number of nitrogens with zero attached hydrogens (tertiary/aromatic N) is 1. The SMILES string of the molecule is O=C(Nc1ccccc1)N1CCC[C@@H]1C[C@@H](O)c1ccccc1. The molecule has 0 unspecified atom stereocenters. The first-order chi connectivity index (χ1) is 11.2. The van der Waals surface area contributed by atoms with Crippen molar-refractivity contribution in [2.24, 2.45) is 0 Å². The number of carbonyl (C=O) groups is 1. The number of para-hydroxylation sites is 1. The molecule has 1 saturated heterocycles. The summed E-state index contributed by atoms with van der Waals surface area (Å²) in [6, 6.07) is 19.1. The molecule has 1 fully saturated rings. The molecule has 2 amide bonds. The smallest absolute Gasteiger partial charge is 0.322 e. The highest BCUT2D eigenvalue weighted by atomic mass is 16.3. The molecule has 2 aromatic carbocycles. The number of amides is 2. The second kappa shape index (κ2) is 7.29. The van der Waals surface area contributed by atoms with Crippen LogP contribution in [0.1, 0.15) is 30.9 Å². The number of benzene rings is 2. The van der Waals surface area contributed by atoms with Crippen molar-refractivity contribution in [2.75, 3.05) is 11.9 Å². The molecule has 1 aliphatic heterocycles. The second-order valence-electron chi connectivity index (χ2n) is 5.95. The molecule has 2 atom stereocenters. The monoisotopic (exact) mass is 310 g/mol. The fraction of sp³-hybridized carbons (Fsp3) is 0.316. The van der Waals surface area contributed by atoms with Gasteiger partial charge in [0.25, 0.3) is 0 Å². The van der Waals surface area contributed by atoms with Crippen LogP contribution in [0.4, 0.5) is 10.5 Å². The van der Waals surface area contributed by atoms with Gasteiger partial charge in [-0.15, -0.1) is 0 Å². The minimum Gasteiger partial charge on any atom is -0.388 e. The molecule has 1 aliphatic rings. The lowest BCUT2D eigenvalue weighted by Gasteiger charge is -2.27. The molecule has 0 bridgehead atoms. The van der Waals surface area contributed by atoms with Crippen LogP contribution < -0.4 is 5.32 Å². The number of urea groups is 1. The Morgan fingerprint density at radius 2 is 1.78 bits per heavy atom. The van der Waals surface area contributed by atoms with E-state index < -0.39 is 6.10 Å². The fourth-order valence-corrected chi connectivity index (χ4v) is 3.13. The molecule has 0 aliphatic carbocycles. The van der Waals surface area contributed by atoms with Gasteiger partial charge in [-0.1, -0.05) is 48.5 Å². The summed E-state index contributed by atoms with van der Waals surface area (Å²) >= 11 is 0. The Morgan fingerprint density at radius 1 is 1.13 bits per heavy atom. The number of aliphatic hydroxyl groups is 1. The van der Waals surface area contributed by atoms with E-state index in [4.69, 9.17) is 0 Å². The van der Waals surface area contributed by atoms with Crippen LogP contribution in [0.25, 0.3) is 0 Å². The van der Waals surface area contributed by atoms with E-state index in [1.165, 1.54) is 0 Å². The average molecular weight is 310 g/mol. The summed E-state index contributed by atoms with van der Waals surface area (Å²) in [4.78, 5) is 14.3. The first-order valence-electron chi connectivity index (χ1n) is 8.10. The third kappa shape index (κ3) is 3.90. The van der Waals surface area contributed by atoms with Crippen molar-refractivity contribution in [1.82, 2.24) is 4.90 Å². The molecule has 2 aromatic rings. The quantitative estimate of drug-likeness (QED) is 0.902. The van der Waals surface area contributed by atoms with E-state index in [1.807, 2.05) is 65.6 Å². The predicted molar refractivity (Wildman–Crippen MR) is 91.2 cm³/mol. The predicted octanol–water partition coefficient (Wildman–Crippen LogP) is 3.81. The highest BCUT2D eigenvalue weighted by molar-refractivity contribution is 5.89. The summed E-state index contributed by atoms with van der Waals surface area (Å²) in [7, 11) is 0. The Labute approximate surface area is 136 Å². The molecule has 0 saturated carbocycles. The summed E-state index contributed by atoms with van der Waals surface area (Å²) in [6.45, 7) is 0.741. The Kier molecular flexibility index (Phi) is 4.93. The van der Waals surface area contributed by atoms with Crippen LogP contribution in [-0.4, -0.2) is 28.6 Å². The lowest BCUT2D eigenvalue weighted by molar-refractivity contribution is 0.130. The van der Waals surface area contributed by atoms with Crippen LogP contribution in [0.5, 0.6) is 0 Å². The zero-order valence-electron chi connectivity index (χ0n) is 13.1. The van der Waals surface area contributed by atoms with Gasteiger partial charge in [0.05, 0.1) is 6.10 Å². The maximum atomic E-state index is 12.5. The van der Waals surface area contributed by atoms with E-state index in [9.17, 15) is 9.90 Å². The largest absolute Gasteiger partial charge is 0.388 e. The summed E-state index contributed by atoms with van der Waals surface area (Å²) in [5, 5.41) is 13.3. The van der Waals surface area contributed by atoms with Crippen molar-refractivity contribution in [2.45, 2.75) is 31.4 Å². The molecule has 1 heterocycles. The number of anilines is 1. The number of hydrogen-bond acceptors (Lipinski definition) is 2. The maximum Gasteiger partial charge on any atom is 0.322 e. The van der Waals surface area contributed by atoms with Gasteiger partial charge in [-0.3, -0.25) is 0 Å². The molecular weight excluding hydrogens is 288 g/mol. The van der Waals surface area contributed by atoms with Gasteiger partial charge in [0.15, 0.2) is 0 Å². The highest BCUT2D eigenvalue weighted by Crippen LogP contribution is 2.27. The highest BCUT2D eigenvalue weighted by Gasteiger charge is 2.30. The van der Waals surface area contributed by atoms with Gasteiger partial charge in [0.2, 0.25) is 0 Å². The molecule has 4 heteroatoms. The van der Waals surface area contributed by atoms with Crippen LogP contribution >= 0.6 is 0 Å². The Bertz CT molecular complexity index is 630. The summed E-state index contributed by atoms with van der Waals surface area (Å²) in [5.74, 6) is 0. The zero-order chi connectivity index (χ0) is 16.1. The molecule has 0 radical (unpaired) electrons. The number of carbonyl (C=O) groups excluding carboxylic acids is 1. The summed E-state index contributed by atoms with van der Waals surface area (Å²) in [6.07, 6.45) is 1.96. The van der Waals surface area contributed by atoms with E-state index in [1.54, 1.807) is 0 Å². The first-order valence-corrected chi connectivity index (χ1v) is 8.10. The maximum absolute atomic E-state index is 12.5. The van der Waals surface area contributed by atoms with E-state index in [-0.39, 0.29) is 12.1 Å². The minimum absolute atomic E-state index is 0.0777. The first kappa shape index (κ1) is 15.6. The van der Waals surface area contributed by atoms with Gasteiger partial charge in [-0.25, -0.2) is 4.79 Å². The Morgan fingerprint density at radius 3 is 2.48 bits per heavy atom. The second-order valence-corrected chi connectivity index (χ2v) is 5.95. The number of aliphatic hydroxyl groups excluding tert-OH is 1. The van der Waals surface area contributed by atoms with Crippen molar-refractivity contribution >= 4 is 11.7 Å². The van der Waals surface area contributed by atoms with Crippen molar-refractivity contribution < 1.29 is 9.90 Å². The van der Waals surface area contributed by atoms with E-state index >= 15 is 0 Å². The summed E-state index contributed by atoms with van der Waals surface area (Å²) in [5.41, 5.74) is 1.70. The van der Waals surface area contributed by atoms with Crippen LogP contribution in [0.15, 0.2) is 60.7 Å². The lowest BCUT2D eigenvalue weighted by atomic mass is 10.0. The zero-order valence-corrected chi connectivity index (χ0v) is 13.1. The molecule has 0 spiro atoms. The van der Waals surface area contributed by atoms with Crippen molar-refractivity contribution in [3.8, 4) is 0 Å². The fourth-order valence-electron chi connectivity index (χ4n) is 3.13. The van der Waals surface area contributed by atoms with Gasteiger partial charge in [-0.2, -0.15) is 0 Å². The summed E-state index contributed by atoms with van der Waals surface area (Å²) < 4.78 is 0.